The first-order valence-electron chi connectivity index (χ1n) is 11.0. The maximum Gasteiger partial charge on any atom is 0.335 e. The zero-order chi connectivity index (χ0) is 24.8. The topological polar surface area (TPSA) is 174 Å². The molecule has 0 aliphatic carbocycles. The van der Waals surface area contributed by atoms with E-state index in [9.17, 15) is 9.59 Å². The highest BCUT2D eigenvalue weighted by Gasteiger charge is 2.04. The first-order chi connectivity index (χ1) is 15.1. The summed E-state index contributed by atoms with van der Waals surface area (Å²) in [6.07, 6.45) is 13.5. The van der Waals surface area contributed by atoms with Gasteiger partial charge in [-0.05, 0) is 30.7 Å². The van der Waals surface area contributed by atoms with Gasteiger partial charge >= 0.3 is 11.9 Å². The molecule has 0 bridgehead atoms. The molecular formula is C23H39N3O6. The van der Waals surface area contributed by atoms with Gasteiger partial charge in [0.15, 0.2) is 5.96 Å². The highest BCUT2D eigenvalue weighted by atomic mass is 16.4. The zero-order valence-electron chi connectivity index (χ0n) is 19.2. The Bertz CT molecular complexity index is 625. The second-order valence-electron chi connectivity index (χ2n) is 7.23. The quantitative estimate of drug-likeness (QED) is 0.143. The molecule has 0 radical (unpaired) electrons. The molecule has 0 atom stereocenters. The van der Waals surface area contributed by atoms with Crippen molar-refractivity contribution in [1.82, 2.24) is 5.32 Å². The second-order valence-corrected chi connectivity index (χ2v) is 7.23. The van der Waals surface area contributed by atoms with Crippen LogP contribution in [-0.4, -0.2) is 45.7 Å². The number of guanidine groups is 1. The Balaban J connectivity index is 0. The molecule has 0 aromatic heterocycles. The number of benzene rings is 1. The molecule has 182 valence electrons. The molecule has 0 spiro atoms. The summed E-state index contributed by atoms with van der Waals surface area (Å²) >= 11 is 0. The van der Waals surface area contributed by atoms with Gasteiger partial charge in [0.2, 0.25) is 0 Å². The van der Waals surface area contributed by atoms with E-state index in [1.165, 1.54) is 82.1 Å². The number of carboxylic acids is 3. The zero-order valence-corrected chi connectivity index (χ0v) is 19.2. The lowest BCUT2D eigenvalue weighted by Gasteiger charge is -2.03. The molecule has 0 amide bonds. The van der Waals surface area contributed by atoms with Gasteiger partial charge in [0.1, 0.15) is 0 Å². The van der Waals surface area contributed by atoms with Crippen LogP contribution in [0, 0.1) is 5.41 Å². The van der Waals surface area contributed by atoms with Crippen LogP contribution >= 0.6 is 0 Å². The van der Waals surface area contributed by atoms with E-state index in [4.69, 9.17) is 31.3 Å². The molecule has 32 heavy (non-hydrogen) atoms. The largest absolute Gasteiger partial charge is 0.481 e. The van der Waals surface area contributed by atoms with E-state index in [1.807, 2.05) is 0 Å². The number of carboxylic acid groups (broad SMARTS) is 3. The minimum Gasteiger partial charge on any atom is -0.481 e. The predicted octanol–water partition coefficient (Wildman–Crippen LogP) is 4.56. The van der Waals surface area contributed by atoms with Gasteiger partial charge in [-0.3, -0.25) is 10.2 Å². The number of unbranched alkanes of at least 4 members (excludes halogenated alkanes) is 9. The monoisotopic (exact) mass is 453 g/mol. The number of hydrogen-bond acceptors (Lipinski definition) is 4. The van der Waals surface area contributed by atoms with E-state index in [2.05, 4.69) is 12.2 Å². The molecule has 0 heterocycles. The SMILES string of the molecule is CC(=O)O.CCCCCCCCCCCCNC(=N)N.O=C(O)c1ccc(C(=O)O)cc1. The van der Waals surface area contributed by atoms with Gasteiger partial charge in [0.05, 0.1) is 11.1 Å². The molecule has 0 fully saturated rings. The molecule has 1 aromatic rings. The van der Waals surface area contributed by atoms with Crippen molar-refractivity contribution >= 4 is 23.9 Å². The van der Waals surface area contributed by atoms with Gasteiger partial charge in [-0.15, -0.1) is 0 Å². The predicted molar refractivity (Wildman–Crippen MR) is 125 cm³/mol. The van der Waals surface area contributed by atoms with Gasteiger partial charge in [0.25, 0.3) is 5.97 Å². The normalized spacial score (nSPS) is 9.44. The van der Waals surface area contributed by atoms with Gasteiger partial charge in [-0.1, -0.05) is 64.7 Å². The molecule has 0 saturated carbocycles. The van der Waals surface area contributed by atoms with E-state index in [-0.39, 0.29) is 17.1 Å². The van der Waals surface area contributed by atoms with Crippen LogP contribution in [0.4, 0.5) is 0 Å². The third-order valence-corrected chi connectivity index (χ3v) is 4.22. The van der Waals surface area contributed by atoms with Crippen LogP contribution < -0.4 is 11.1 Å². The Kier molecular flexibility index (Phi) is 20.5. The van der Waals surface area contributed by atoms with Gasteiger partial charge < -0.3 is 26.4 Å². The van der Waals surface area contributed by atoms with Crippen molar-refractivity contribution in [3.63, 3.8) is 0 Å². The number of hydrogen-bond donors (Lipinski definition) is 6. The van der Waals surface area contributed by atoms with E-state index < -0.39 is 17.9 Å². The molecule has 0 unspecified atom stereocenters. The summed E-state index contributed by atoms with van der Waals surface area (Å²) in [5.41, 5.74) is 5.35. The van der Waals surface area contributed by atoms with Gasteiger partial charge in [-0.2, -0.15) is 0 Å². The van der Waals surface area contributed by atoms with Crippen LogP contribution in [-0.2, 0) is 4.79 Å². The fourth-order valence-electron chi connectivity index (χ4n) is 2.59. The molecule has 9 nitrogen and oxygen atoms in total. The molecule has 1 aromatic carbocycles. The Morgan fingerprint density at radius 3 is 1.38 bits per heavy atom. The number of rotatable bonds is 13. The highest BCUT2D eigenvalue weighted by molar-refractivity contribution is 5.91. The lowest BCUT2D eigenvalue weighted by molar-refractivity contribution is -0.134. The lowest BCUT2D eigenvalue weighted by atomic mass is 10.1. The summed E-state index contributed by atoms with van der Waals surface area (Å²) in [7, 11) is 0. The summed E-state index contributed by atoms with van der Waals surface area (Å²) in [6.45, 7) is 4.20. The van der Waals surface area contributed by atoms with Crippen molar-refractivity contribution in [3.05, 3.63) is 35.4 Å². The molecule has 0 aliphatic rings. The van der Waals surface area contributed by atoms with Crippen molar-refractivity contribution in [2.24, 2.45) is 5.73 Å². The van der Waals surface area contributed by atoms with Crippen molar-refractivity contribution in [2.75, 3.05) is 6.54 Å². The first-order valence-corrected chi connectivity index (χ1v) is 11.0. The Morgan fingerprint density at radius 1 is 0.781 bits per heavy atom. The average Bonchev–Trinajstić information content (AvgIpc) is 2.72. The Morgan fingerprint density at radius 2 is 1.09 bits per heavy atom. The smallest absolute Gasteiger partial charge is 0.335 e. The van der Waals surface area contributed by atoms with Gasteiger partial charge in [0, 0.05) is 13.5 Å². The second kappa shape index (κ2) is 21.1. The third-order valence-electron chi connectivity index (χ3n) is 4.22. The number of aliphatic carboxylic acids is 1. The molecule has 0 saturated heterocycles. The third kappa shape index (κ3) is 23.2. The maximum atomic E-state index is 10.3. The van der Waals surface area contributed by atoms with Crippen molar-refractivity contribution < 1.29 is 29.7 Å². The van der Waals surface area contributed by atoms with E-state index in [0.29, 0.717) is 0 Å². The molecule has 7 N–H and O–H groups in total. The fourth-order valence-corrected chi connectivity index (χ4v) is 2.59. The average molecular weight is 454 g/mol. The number of nitrogens with two attached hydrogens (primary N) is 1. The number of nitrogens with one attached hydrogen (secondary N) is 2. The Labute approximate surface area is 190 Å². The van der Waals surface area contributed by atoms with Gasteiger partial charge in [-0.25, -0.2) is 9.59 Å². The van der Waals surface area contributed by atoms with Crippen LogP contribution in [0.5, 0.6) is 0 Å². The fraction of sp³-hybridized carbons (Fsp3) is 0.565. The molecule has 0 aliphatic heterocycles. The highest BCUT2D eigenvalue weighted by Crippen LogP contribution is 2.10. The summed E-state index contributed by atoms with van der Waals surface area (Å²) in [5.74, 6) is -2.87. The molecular weight excluding hydrogens is 414 g/mol. The first kappa shape index (κ1) is 31.1. The minimum absolute atomic E-state index is 0.0833. The summed E-state index contributed by atoms with van der Waals surface area (Å²) in [6, 6.07) is 5.02. The molecule has 1 rings (SSSR count). The van der Waals surface area contributed by atoms with Crippen LogP contribution in [0.25, 0.3) is 0 Å². The Hall–Kier alpha value is -3.10. The van der Waals surface area contributed by atoms with E-state index in [1.54, 1.807) is 0 Å². The van der Waals surface area contributed by atoms with Crippen LogP contribution in [0.3, 0.4) is 0 Å². The van der Waals surface area contributed by atoms with E-state index in [0.717, 1.165) is 19.9 Å². The van der Waals surface area contributed by atoms with Crippen molar-refractivity contribution in [1.29, 1.82) is 5.41 Å². The van der Waals surface area contributed by atoms with Crippen LogP contribution in [0.1, 0.15) is 98.8 Å². The van der Waals surface area contributed by atoms with E-state index >= 15 is 0 Å². The van der Waals surface area contributed by atoms with Crippen LogP contribution in [0.2, 0.25) is 0 Å². The summed E-state index contributed by atoms with van der Waals surface area (Å²) in [5, 5.41) is 34.2. The van der Waals surface area contributed by atoms with Crippen molar-refractivity contribution in [2.45, 2.75) is 78.1 Å². The number of carbonyl (C=O) groups is 3. The maximum absolute atomic E-state index is 10.3. The van der Waals surface area contributed by atoms with Crippen molar-refractivity contribution in [3.8, 4) is 0 Å². The summed E-state index contributed by atoms with van der Waals surface area (Å²) < 4.78 is 0. The molecule has 9 heteroatoms. The summed E-state index contributed by atoms with van der Waals surface area (Å²) in [4.78, 5) is 29.7. The lowest BCUT2D eigenvalue weighted by Crippen LogP contribution is -2.30. The minimum atomic E-state index is -1.06. The number of aromatic carboxylic acids is 2. The standard InChI is InChI=1S/C13H29N3.C8H6O4.C2H4O2/c1-2-3-4-5-6-7-8-9-10-11-12-16-13(14)15;9-7(10)5-1-2-6(4-3-5)8(11)12;1-2(3)4/h2-12H2,1H3,(H4,14,15,16);1-4H,(H,9,10)(H,11,12);1H3,(H,3,4). The van der Waals surface area contributed by atoms with Crippen LogP contribution in [0.15, 0.2) is 24.3 Å².